The number of sulfonamides is 1. The number of anilines is 1. The number of nitrogens with one attached hydrogen (secondary N) is 1. The van der Waals surface area contributed by atoms with Crippen molar-refractivity contribution >= 4 is 27.3 Å². The Morgan fingerprint density at radius 2 is 1.82 bits per heavy atom. The van der Waals surface area contributed by atoms with Crippen LogP contribution < -0.4 is 9.62 Å². The summed E-state index contributed by atoms with van der Waals surface area (Å²) in [6.07, 6.45) is 0. The largest absolute Gasteiger partial charge is 0.378 e. The second kappa shape index (κ2) is 11.2. The van der Waals surface area contributed by atoms with Crippen molar-refractivity contribution in [2.45, 2.75) is 4.90 Å². The molecule has 13 heteroatoms. The molecule has 0 aromatic heterocycles. The average molecular weight is 485 g/mol. The quantitative estimate of drug-likeness (QED) is 0.361. The van der Waals surface area contributed by atoms with Gasteiger partial charge >= 0.3 is 0 Å². The molecule has 184 valence electrons. The fraction of sp³-hybridized carbons (Fsp3) is 0.650. The highest BCUT2D eigenvalue weighted by atomic mass is 32.2. The van der Waals surface area contributed by atoms with Crippen molar-refractivity contribution in [3.63, 3.8) is 0 Å². The van der Waals surface area contributed by atoms with Gasteiger partial charge in [-0.3, -0.25) is 19.8 Å². The summed E-state index contributed by atoms with van der Waals surface area (Å²) in [6, 6.07) is 4.00. The van der Waals surface area contributed by atoms with E-state index in [1.165, 1.54) is 12.1 Å². The fourth-order valence-electron chi connectivity index (χ4n) is 3.82. The van der Waals surface area contributed by atoms with Gasteiger partial charge in [-0.1, -0.05) is 0 Å². The molecule has 3 rings (SSSR count). The van der Waals surface area contributed by atoms with E-state index >= 15 is 0 Å². The summed E-state index contributed by atoms with van der Waals surface area (Å²) in [4.78, 5) is 31.0. The van der Waals surface area contributed by atoms with E-state index < -0.39 is 14.9 Å². The molecular formula is C20H32N6O6S. The Morgan fingerprint density at radius 3 is 2.42 bits per heavy atom. The van der Waals surface area contributed by atoms with Crippen LogP contribution in [-0.4, -0.2) is 120 Å². The standard InChI is InChI=1S/C20H32N6O6S/c1-22(2)6-5-21-33(30,31)17-3-4-18(19(15-17)26(28)29)24-9-7-23(8-10-24)16-20(27)25-11-13-32-14-12-25/h3-4,15,21H,5-14,16H2,1-2H3. The van der Waals surface area contributed by atoms with E-state index in [9.17, 15) is 23.3 Å². The molecule has 0 unspecified atom stereocenters. The number of nitrogens with zero attached hydrogens (tertiary/aromatic N) is 5. The zero-order chi connectivity index (χ0) is 24.0. The number of hydrogen-bond donors (Lipinski definition) is 1. The van der Waals surface area contributed by atoms with Crippen molar-refractivity contribution < 1.29 is 22.9 Å². The highest BCUT2D eigenvalue weighted by Gasteiger charge is 2.28. The van der Waals surface area contributed by atoms with Gasteiger partial charge in [-0.05, 0) is 26.2 Å². The lowest BCUT2D eigenvalue weighted by atomic mass is 10.2. The molecule has 0 spiro atoms. The topological polar surface area (TPSA) is 129 Å². The predicted octanol–water partition coefficient (Wildman–Crippen LogP) is -0.584. The minimum Gasteiger partial charge on any atom is -0.378 e. The highest BCUT2D eigenvalue weighted by molar-refractivity contribution is 7.89. The smallest absolute Gasteiger partial charge is 0.293 e. The van der Waals surface area contributed by atoms with Gasteiger partial charge in [-0.25, -0.2) is 13.1 Å². The summed E-state index contributed by atoms with van der Waals surface area (Å²) in [5, 5.41) is 11.7. The molecule has 33 heavy (non-hydrogen) atoms. The Kier molecular flexibility index (Phi) is 8.59. The number of rotatable bonds is 9. The van der Waals surface area contributed by atoms with Gasteiger partial charge in [0.2, 0.25) is 15.9 Å². The number of amides is 1. The summed E-state index contributed by atoms with van der Waals surface area (Å²) >= 11 is 0. The molecule has 1 aromatic rings. The highest BCUT2D eigenvalue weighted by Crippen LogP contribution is 2.31. The monoisotopic (exact) mass is 484 g/mol. The minimum atomic E-state index is -3.85. The molecular weight excluding hydrogens is 452 g/mol. The fourth-order valence-corrected chi connectivity index (χ4v) is 4.86. The van der Waals surface area contributed by atoms with Gasteiger partial charge in [0.1, 0.15) is 5.69 Å². The van der Waals surface area contributed by atoms with Gasteiger partial charge in [0.25, 0.3) is 5.69 Å². The van der Waals surface area contributed by atoms with Crippen molar-refractivity contribution in [3.05, 3.63) is 28.3 Å². The number of nitro benzene ring substituents is 1. The van der Waals surface area contributed by atoms with E-state index in [-0.39, 0.29) is 23.0 Å². The average Bonchev–Trinajstić information content (AvgIpc) is 2.79. The normalized spacial score (nSPS) is 18.0. The Bertz CT molecular complexity index is 942. The molecule has 0 radical (unpaired) electrons. The molecule has 0 aliphatic carbocycles. The van der Waals surface area contributed by atoms with Gasteiger partial charge < -0.3 is 19.4 Å². The molecule has 0 atom stereocenters. The molecule has 2 fully saturated rings. The number of piperazine rings is 1. The summed E-state index contributed by atoms with van der Waals surface area (Å²) in [6.45, 7) is 5.52. The van der Waals surface area contributed by atoms with Crippen LogP contribution in [0.15, 0.2) is 23.1 Å². The van der Waals surface area contributed by atoms with Crippen LogP contribution in [0.4, 0.5) is 11.4 Å². The van der Waals surface area contributed by atoms with Crippen LogP contribution in [0, 0.1) is 10.1 Å². The predicted molar refractivity (Wildman–Crippen MR) is 123 cm³/mol. The molecule has 2 saturated heterocycles. The maximum absolute atomic E-state index is 12.5. The number of benzene rings is 1. The van der Waals surface area contributed by atoms with Crippen molar-refractivity contribution in [2.24, 2.45) is 0 Å². The maximum atomic E-state index is 12.5. The lowest BCUT2D eigenvalue weighted by molar-refractivity contribution is -0.384. The van der Waals surface area contributed by atoms with E-state index in [1.54, 1.807) is 4.90 Å². The van der Waals surface area contributed by atoms with Crippen LogP contribution in [0.2, 0.25) is 0 Å². The number of carbonyl (C=O) groups excluding carboxylic acids is 1. The van der Waals surface area contributed by atoms with Gasteiger partial charge in [-0.2, -0.15) is 0 Å². The van der Waals surface area contributed by atoms with E-state index in [0.717, 1.165) is 6.07 Å². The third kappa shape index (κ3) is 6.84. The van der Waals surface area contributed by atoms with Crippen LogP contribution in [0.3, 0.4) is 0 Å². The van der Waals surface area contributed by atoms with Gasteiger partial charge in [0, 0.05) is 58.4 Å². The number of likely N-dealkylation sites (N-methyl/N-ethyl adjacent to an activating group) is 1. The third-order valence-electron chi connectivity index (χ3n) is 5.74. The Balaban J connectivity index is 1.63. The summed E-state index contributed by atoms with van der Waals surface area (Å²) < 4.78 is 32.8. The number of hydrogen-bond acceptors (Lipinski definition) is 9. The molecule has 1 amide bonds. The second-order valence-electron chi connectivity index (χ2n) is 8.37. The van der Waals surface area contributed by atoms with Crippen LogP contribution in [0.1, 0.15) is 0 Å². The van der Waals surface area contributed by atoms with Crippen LogP contribution in [-0.2, 0) is 19.6 Å². The second-order valence-corrected chi connectivity index (χ2v) is 10.1. The van der Waals surface area contributed by atoms with Crippen molar-refractivity contribution in [1.82, 2.24) is 19.4 Å². The first kappa shape index (κ1) is 25.3. The molecule has 2 aliphatic heterocycles. The van der Waals surface area contributed by atoms with Gasteiger partial charge in [0.15, 0.2) is 0 Å². The van der Waals surface area contributed by atoms with Crippen molar-refractivity contribution in [1.29, 1.82) is 0 Å². The molecule has 12 nitrogen and oxygen atoms in total. The number of ether oxygens (including phenoxy) is 1. The lowest BCUT2D eigenvalue weighted by Crippen LogP contribution is -2.51. The first-order valence-electron chi connectivity index (χ1n) is 10.9. The Labute approximate surface area is 194 Å². The molecule has 0 bridgehead atoms. The summed E-state index contributed by atoms with van der Waals surface area (Å²) in [5.41, 5.74) is 0.134. The first-order valence-corrected chi connectivity index (χ1v) is 12.4. The van der Waals surface area contributed by atoms with Crippen LogP contribution in [0.5, 0.6) is 0 Å². The van der Waals surface area contributed by atoms with E-state index in [0.29, 0.717) is 71.3 Å². The molecule has 2 heterocycles. The zero-order valence-corrected chi connectivity index (χ0v) is 19.9. The third-order valence-corrected chi connectivity index (χ3v) is 7.20. The van der Waals surface area contributed by atoms with E-state index in [2.05, 4.69) is 4.72 Å². The summed E-state index contributed by atoms with van der Waals surface area (Å²) in [5.74, 6) is 0.0639. The van der Waals surface area contributed by atoms with Gasteiger partial charge in [0.05, 0.1) is 29.6 Å². The van der Waals surface area contributed by atoms with Crippen molar-refractivity contribution in [2.75, 3.05) is 91.1 Å². The van der Waals surface area contributed by atoms with Crippen molar-refractivity contribution in [3.8, 4) is 0 Å². The molecule has 1 N–H and O–H groups in total. The number of morpholine rings is 1. The Morgan fingerprint density at radius 1 is 1.15 bits per heavy atom. The minimum absolute atomic E-state index is 0.0639. The first-order chi connectivity index (χ1) is 15.7. The van der Waals surface area contributed by atoms with E-state index in [1.807, 2.05) is 28.8 Å². The zero-order valence-electron chi connectivity index (χ0n) is 19.1. The maximum Gasteiger partial charge on any atom is 0.293 e. The molecule has 2 aliphatic rings. The van der Waals surface area contributed by atoms with E-state index in [4.69, 9.17) is 4.74 Å². The number of carbonyl (C=O) groups is 1. The number of nitro groups is 1. The van der Waals surface area contributed by atoms with Gasteiger partial charge in [-0.15, -0.1) is 0 Å². The molecule has 0 saturated carbocycles. The SMILES string of the molecule is CN(C)CCNS(=O)(=O)c1ccc(N2CCN(CC(=O)N3CCOCC3)CC2)c([N+](=O)[O-])c1. The van der Waals surface area contributed by atoms with Crippen LogP contribution >= 0.6 is 0 Å². The Hall–Kier alpha value is -2.32. The lowest BCUT2D eigenvalue weighted by Gasteiger charge is -2.36. The summed E-state index contributed by atoms with van der Waals surface area (Å²) in [7, 11) is -0.200. The molecule has 1 aromatic carbocycles. The van der Waals surface area contributed by atoms with Crippen LogP contribution in [0.25, 0.3) is 0 Å².